The molecule has 0 aromatic carbocycles. The Balaban J connectivity index is 0. The molecular weight excluding hydrogens is 218 g/mol. The molecule has 0 aromatic heterocycles. The van der Waals surface area contributed by atoms with Crippen LogP contribution in [0.4, 0.5) is 0 Å². The zero-order chi connectivity index (χ0) is 12.3. The van der Waals surface area contributed by atoms with Gasteiger partial charge in [-0.2, -0.15) is 8.42 Å². The van der Waals surface area contributed by atoms with E-state index in [9.17, 15) is 13.2 Å². The number of carbonyl (C=O) groups is 1. The molecule has 0 atom stereocenters. The number of amides is 1. The molecule has 0 rings (SSSR count). The van der Waals surface area contributed by atoms with E-state index in [2.05, 4.69) is 29.7 Å². The number of rotatable bonds is 6. The van der Waals surface area contributed by atoms with Gasteiger partial charge in [0.2, 0.25) is 5.91 Å². The van der Waals surface area contributed by atoms with Crippen LogP contribution < -0.4 is 5.73 Å². The summed E-state index contributed by atoms with van der Waals surface area (Å²) in [5.74, 6) is -0.633. The fourth-order valence-corrected chi connectivity index (χ4v) is 1.03. The molecule has 86 valence electrons. The second-order valence-corrected chi connectivity index (χ2v) is 3.88. The molecule has 0 bridgehead atoms. The SMILES string of the molecule is C=CC(N)=O.C=CCOS(=O)(=O)CC=C. The van der Waals surface area contributed by atoms with Crippen LogP contribution in [0.3, 0.4) is 0 Å². The molecule has 0 aliphatic heterocycles. The van der Waals surface area contributed by atoms with E-state index in [1.165, 1.54) is 12.2 Å². The van der Waals surface area contributed by atoms with Crippen LogP contribution in [0.1, 0.15) is 0 Å². The molecule has 0 aliphatic rings. The van der Waals surface area contributed by atoms with Crippen LogP contribution in [-0.4, -0.2) is 26.7 Å². The Morgan fingerprint density at radius 2 is 1.73 bits per heavy atom. The van der Waals surface area contributed by atoms with E-state index in [-0.39, 0.29) is 12.4 Å². The summed E-state index contributed by atoms with van der Waals surface area (Å²) in [6.07, 6.45) is 3.71. The molecule has 0 heterocycles. The van der Waals surface area contributed by atoms with Gasteiger partial charge < -0.3 is 5.73 Å². The molecular formula is C9H15NO4S. The van der Waals surface area contributed by atoms with Gasteiger partial charge in [-0.25, -0.2) is 0 Å². The van der Waals surface area contributed by atoms with Crippen molar-refractivity contribution in [3.05, 3.63) is 38.0 Å². The van der Waals surface area contributed by atoms with Crippen LogP contribution in [-0.2, 0) is 19.1 Å². The van der Waals surface area contributed by atoms with Crippen molar-refractivity contribution in [3.63, 3.8) is 0 Å². The lowest BCUT2D eigenvalue weighted by molar-refractivity contribution is -0.113. The van der Waals surface area contributed by atoms with Gasteiger partial charge in [0.1, 0.15) is 0 Å². The summed E-state index contributed by atoms with van der Waals surface area (Å²) in [6.45, 7) is 9.69. The fourth-order valence-electron chi connectivity index (χ4n) is 0.344. The minimum atomic E-state index is -3.38. The highest BCUT2D eigenvalue weighted by molar-refractivity contribution is 7.86. The van der Waals surface area contributed by atoms with Gasteiger partial charge in [0.05, 0.1) is 12.4 Å². The zero-order valence-electron chi connectivity index (χ0n) is 8.39. The normalized spacial score (nSPS) is 9.33. The Morgan fingerprint density at radius 3 is 2.00 bits per heavy atom. The molecule has 6 heteroatoms. The maximum atomic E-state index is 10.6. The van der Waals surface area contributed by atoms with Crippen molar-refractivity contribution in [1.29, 1.82) is 0 Å². The van der Waals surface area contributed by atoms with E-state index >= 15 is 0 Å². The summed E-state index contributed by atoms with van der Waals surface area (Å²) in [5, 5.41) is 0. The molecule has 0 fully saturated rings. The first-order chi connectivity index (χ1) is 6.89. The molecule has 0 saturated heterocycles. The topological polar surface area (TPSA) is 86.5 Å². The van der Waals surface area contributed by atoms with E-state index in [1.807, 2.05) is 0 Å². The second kappa shape index (κ2) is 9.17. The summed E-state index contributed by atoms with van der Waals surface area (Å²) in [4.78, 5) is 9.47. The number of nitrogens with two attached hydrogens (primary N) is 1. The van der Waals surface area contributed by atoms with E-state index in [0.29, 0.717) is 0 Å². The predicted molar refractivity (Wildman–Crippen MR) is 59.5 cm³/mol. The number of hydrogen-bond acceptors (Lipinski definition) is 4. The van der Waals surface area contributed by atoms with Gasteiger partial charge in [-0.3, -0.25) is 8.98 Å². The Kier molecular flexibility index (Phi) is 9.81. The number of hydrogen-bond donors (Lipinski definition) is 1. The first kappa shape index (κ1) is 16.0. The molecule has 0 radical (unpaired) electrons. The van der Waals surface area contributed by atoms with Crippen LogP contribution >= 0.6 is 0 Å². The minimum absolute atomic E-state index is 0.0240. The van der Waals surface area contributed by atoms with Crippen molar-refractivity contribution >= 4 is 16.0 Å². The van der Waals surface area contributed by atoms with Crippen LogP contribution in [0.15, 0.2) is 38.0 Å². The van der Waals surface area contributed by atoms with E-state index in [1.54, 1.807) is 0 Å². The van der Waals surface area contributed by atoms with Crippen molar-refractivity contribution in [2.24, 2.45) is 5.73 Å². The highest BCUT2D eigenvalue weighted by Crippen LogP contribution is 1.92. The number of primary amides is 1. The van der Waals surface area contributed by atoms with Crippen molar-refractivity contribution in [2.45, 2.75) is 0 Å². The van der Waals surface area contributed by atoms with Crippen LogP contribution in [0.5, 0.6) is 0 Å². The summed E-state index contributed by atoms with van der Waals surface area (Å²) in [7, 11) is -3.38. The van der Waals surface area contributed by atoms with Crippen molar-refractivity contribution in [1.82, 2.24) is 0 Å². The highest BCUT2D eigenvalue weighted by atomic mass is 32.2. The average Bonchev–Trinajstić information content (AvgIpc) is 2.16. The molecule has 0 saturated carbocycles. The van der Waals surface area contributed by atoms with Crippen molar-refractivity contribution < 1.29 is 17.4 Å². The quantitative estimate of drug-likeness (QED) is 0.408. The first-order valence-electron chi connectivity index (χ1n) is 3.90. The van der Waals surface area contributed by atoms with Crippen LogP contribution in [0, 0.1) is 0 Å². The summed E-state index contributed by atoms with van der Waals surface area (Å²) in [5.41, 5.74) is 4.53. The molecule has 1 amide bonds. The fraction of sp³-hybridized carbons (Fsp3) is 0.222. The van der Waals surface area contributed by atoms with E-state index < -0.39 is 16.0 Å². The largest absolute Gasteiger partial charge is 0.366 e. The van der Waals surface area contributed by atoms with Crippen LogP contribution in [0.25, 0.3) is 0 Å². The molecule has 0 spiro atoms. The zero-order valence-corrected chi connectivity index (χ0v) is 9.20. The summed E-state index contributed by atoms with van der Waals surface area (Å²) in [6, 6.07) is 0. The molecule has 0 aromatic rings. The van der Waals surface area contributed by atoms with Gasteiger partial charge in [0, 0.05) is 0 Å². The molecule has 15 heavy (non-hydrogen) atoms. The molecule has 0 aliphatic carbocycles. The third kappa shape index (κ3) is 15.4. The third-order valence-corrected chi connectivity index (χ3v) is 2.03. The smallest absolute Gasteiger partial charge is 0.271 e. The highest BCUT2D eigenvalue weighted by Gasteiger charge is 2.05. The van der Waals surface area contributed by atoms with Gasteiger partial charge >= 0.3 is 0 Å². The third-order valence-electron chi connectivity index (χ3n) is 0.889. The lowest BCUT2D eigenvalue weighted by atomic mass is 10.6. The standard InChI is InChI=1S/C6H10O3S.C3H5NO/c1-3-5-9-10(7,8)6-4-2;1-2-3(4)5/h3-4H,1-2,5-6H2;2H,1H2,(H2,4,5). The number of carbonyl (C=O) groups excluding carboxylic acids is 1. The maximum Gasteiger partial charge on any atom is 0.271 e. The summed E-state index contributed by atoms with van der Waals surface area (Å²) < 4.78 is 25.7. The monoisotopic (exact) mass is 233 g/mol. The average molecular weight is 233 g/mol. The van der Waals surface area contributed by atoms with Crippen molar-refractivity contribution in [3.8, 4) is 0 Å². The van der Waals surface area contributed by atoms with Gasteiger partial charge in [-0.05, 0) is 6.08 Å². The Bertz CT molecular complexity index is 319. The Hall–Kier alpha value is -1.40. The second-order valence-electron chi connectivity index (χ2n) is 2.19. The van der Waals surface area contributed by atoms with E-state index in [4.69, 9.17) is 0 Å². The lowest BCUT2D eigenvalue weighted by Gasteiger charge is -1.97. The van der Waals surface area contributed by atoms with Crippen molar-refractivity contribution in [2.75, 3.05) is 12.4 Å². The Labute approximate surface area is 90.0 Å². The lowest BCUT2D eigenvalue weighted by Crippen LogP contribution is -2.08. The predicted octanol–water partition coefficient (Wildman–Crippen LogP) is 0.363. The molecule has 2 N–H and O–H groups in total. The molecule has 0 unspecified atom stereocenters. The van der Waals surface area contributed by atoms with Gasteiger partial charge in [-0.1, -0.05) is 18.7 Å². The summed E-state index contributed by atoms with van der Waals surface area (Å²) >= 11 is 0. The van der Waals surface area contributed by atoms with E-state index in [0.717, 1.165) is 6.08 Å². The minimum Gasteiger partial charge on any atom is -0.366 e. The first-order valence-corrected chi connectivity index (χ1v) is 5.48. The maximum absolute atomic E-state index is 10.6. The molecule has 5 nitrogen and oxygen atoms in total. The Morgan fingerprint density at radius 1 is 1.27 bits per heavy atom. The van der Waals surface area contributed by atoms with Gasteiger partial charge in [-0.15, -0.1) is 13.2 Å². The van der Waals surface area contributed by atoms with Gasteiger partial charge in [0.25, 0.3) is 10.1 Å². The van der Waals surface area contributed by atoms with Crippen LogP contribution in [0.2, 0.25) is 0 Å². The van der Waals surface area contributed by atoms with Gasteiger partial charge in [0.15, 0.2) is 0 Å².